The van der Waals surface area contributed by atoms with Gasteiger partial charge in [-0.25, -0.2) is 19.0 Å². The van der Waals surface area contributed by atoms with E-state index in [0.29, 0.717) is 46.4 Å². The standard InChI is InChI=1S/C28H31ClFN9O3/c1-18(14-39-17-33-35-36-39)42-26-9-19(3-4-22(26)29)20-12-31-28(32-13-20)34-24-10-23(30)25(11-27(24)40-2)38-7-5-37(6-8-38)21-15-41-16-21/h3-4,9-13,17-18,21H,5-8,14-16H2,1-2H3,(H,31,32,34)/t18-/m0/s1. The largest absolute Gasteiger partial charge is 0.494 e. The predicted octanol–water partition coefficient (Wildman–Crippen LogP) is 3.66. The Kier molecular flexibility index (Phi) is 8.31. The lowest BCUT2D eigenvalue weighted by atomic mass is 10.1. The van der Waals surface area contributed by atoms with Gasteiger partial charge in [-0.15, -0.1) is 5.10 Å². The van der Waals surface area contributed by atoms with E-state index in [1.54, 1.807) is 36.3 Å². The average Bonchev–Trinajstić information content (AvgIpc) is 3.47. The van der Waals surface area contributed by atoms with E-state index in [0.717, 1.165) is 50.5 Å². The number of halogens is 2. The molecule has 0 bridgehead atoms. The summed E-state index contributed by atoms with van der Waals surface area (Å²) in [5, 5.41) is 14.7. The van der Waals surface area contributed by atoms with E-state index in [4.69, 9.17) is 25.8 Å². The normalized spacial score (nSPS) is 16.6. The van der Waals surface area contributed by atoms with Gasteiger partial charge in [-0.3, -0.25) is 4.90 Å². The Morgan fingerprint density at radius 1 is 1.07 bits per heavy atom. The minimum Gasteiger partial charge on any atom is -0.494 e. The smallest absolute Gasteiger partial charge is 0.227 e. The number of nitrogens with zero attached hydrogens (tertiary/aromatic N) is 8. The van der Waals surface area contributed by atoms with Crippen LogP contribution in [0.15, 0.2) is 49.1 Å². The third-order valence-corrected chi connectivity index (χ3v) is 7.70. The second-order valence-corrected chi connectivity index (χ2v) is 10.7. The Labute approximate surface area is 247 Å². The molecule has 0 aliphatic carbocycles. The summed E-state index contributed by atoms with van der Waals surface area (Å²) in [6, 6.07) is 9.10. The lowest BCUT2D eigenvalue weighted by Crippen LogP contribution is -2.56. The monoisotopic (exact) mass is 595 g/mol. The topological polar surface area (TPSA) is 116 Å². The van der Waals surface area contributed by atoms with Crippen LogP contribution in [-0.2, 0) is 11.3 Å². The van der Waals surface area contributed by atoms with E-state index in [1.165, 1.54) is 12.4 Å². The fraction of sp³-hybridized carbons (Fsp3) is 0.393. The molecule has 1 atom stereocenters. The van der Waals surface area contributed by atoms with Gasteiger partial charge in [0.15, 0.2) is 0 Å². The van der Waals surface area contributed by atoms with Crippen molar-refractivity contribution in [2.45, 2.75) is 25.6 Å². The first-order valence-electron chi connectivity index (χ1n) is 13.7. The van der Waals surface area contributed by atoms with Crippen molar-refractivity contribution in [3.05, 3.63) is 59.9 Å². The molecule has 2 aliphatic rings. The van der Waals surface area contributed by atoms with Gasteiger partial charge in [0.25, 0.3) is 0 Å². The summed E-state index contributed by atoms with van der Waals surface area (Å²) in [5.41, 5.74) is 2.55. The molecule has 12 nitrogen and oxygen atoms in total. The molecule has 14 heteroatoms. The molecule has 0 saturated carbocycles. The second kappa shape index (κ2) is 12.4. The summed E-state index contributed by atoms with van der Waals surface area (Å²) in [7, 11) is 1.56. The average molecular weight is 596 g/mol. The first-order chi connectivity index (χ1) is 20.5. The van der Waals surface area contributed by atoms with Crippen LogP contribution >= 0.6 is 11.6 Å². The van der Waals surface area contributed by atoms with Gasteiger partial charge in [-0.1, -0.05) is 17.7 Å². The minimum atomic E-state index is -0.335. The van der Waals surface area contributed by atoms with Crippen molar-refractivity contribution in [1.29, 1.82) is 0 Å². The molecule has 2 aliphatic heterocycles. The molecule has 6 rings (SSSR count). The highest BCUT2D eigenvalue weighted by atomic mass is 35.5. The number of anilines is 3. The van der Waals surface area contributed by atoms with Crippen LogP contribution in [0.4, 0.5) is 21.7 Å². The van der Waals surface area contributed by atoms with Crippen molar-refractivity contribution in [2.75, 3.05) is 56.7 Å². The summed E-state index contributed by atoms with van der Waals surface area (Å²) in [5.74, 6) is 0.999. The van der Waals surface area contributed by atoms with Crippen LogP contribution in [0.2, 0.25) is 5.02 Å². The minimum absolute atomic E-state index is 0.224. The van der Waals surface area contributed by atoms with Crippen LogP contribution in [0.5, 0.6) is 11.5 Å². The Morgan fingerprint density at radius 2 is 1.86 bits per heavy atom. The van der Waals surface area contributed by atoms with Crippen molar-refractivity contribution in [3.8, 4) is 22.6 Å². The molecular weight excluding hydrogens is 565 g/mol. The van der Waals surface area contributed by atoms with E-state index >= 15 is 4.39 Å². The Hall–Kier alpha value is -4.07. The molecule has 42 heavy (non-hydrogen) atoms. The second-order valence-electron chi connectivity index (χ2n) is 10.2. The highest BCUT2D eigenvalue weighted by Gasteiger charge is 2.30. The van der Waals surface area contributed by atoms with Crippen molar-refractivity contribution in [3.63, 3.8) is 0 Å². The molecule has 2 fully saturated rings. The van der Waals surface area contributed by atoms with E-state index < -0.39 is 0 Å². The van der Waals surface area contributed by atoms with E-state index in [1.807, 2.05) is 19.1 Å². The van der Waals surface area contributed by atoms with Crippen LogP contribution < -0.4 is 19.7 Å². The third-order valence-electron chi connectivity index (χ3n) is 7.39. The molecule has 0 amide bonds. The Bertz CT molecular complexity index is 1500. The first kappa shape index (κ1) is 28.1. The first-order valence-corrected chi connectivity index (χ1v) is 14.1. The van der Waals surface area contributed by atoms with Crippen molar-refractivity contribution < 1.29 is 18.6 Å². The number of benzene rings is 2. The van der Waals surface area contributed by atoms with Crippen LogP contribution in [-0.4, -0.2) is 93.7 Å². The molecule has 4 aromatic rings. The van der Waals surface area contributed by atoms with Gasteiger partial charge >= 0.3 is 0 Å². The number of ether oxygens (including phenoxy) is 3. The van der Waals surface area contributed by atoms with E-state index in [-0.39, 0.29) is 11.9 Å². The number of rotatable bonds is 10. The molecule has 0 unspecified atom stereocenters. The maximum absolute atomic E-state index is 15.3. The maximum Gasteiger partial charge on any atom is 0.227 e. The lowest BCUT2D eigenvalue weighted by Gasteiger charge is -2.43. The van der Waals surface area contributed by atoms with Crippen molar-refractivity contribution >= 4 is 28.9 Å². The zero-order chi connectivity index (χ0) is 29.1. The van der Waals surface area contributed by atoms with Crippen molar-refractivity contribution in [2.24, 2.45) is 0 Å². The summed E-state index contributed by atoms with van der Waals surface area (Å²) < 4.78 is 33.8. The predicted molar refractivity (Wildman–Crippen MR) is 155 cm³/mol. The fourth-order valence-corrected chi connectivity index (χ4v) is 5.19. The third kappa shape index (κ3) is 6.22. The zero-order valence-electron chi connectivity index (χ0n) is 23.3. The van der Waals surface area contributed by atoms with E-state index in [2.05, 4.69) is 40.6 Å². The number of aromatic nitrogens is 6. The van der Waals surface area contributed by atoms with Gasteiger partial charge in [-0.2, -0.15) is 0 Å². The van der Waals surface area contributed by atoms with Gasteiger partial charge in [-0.05, 0) is 35.0 Å². The van der Waals surface area contributed by atoms with Crippen LogP contribution in [0, 0.1) is 5.82 Å². The van der Waals surface area contributed by atoms with Crippen LogP contribution in [0.1, 0.15) is 6.92 Å². The number of hydrogen-bond donors (Lipinski definition) is 1. The summed E-state index contributed by atoms with van der Waals surface area (Å²) in [6.07, 6.45) is 4.66. The number of nitrogens with one attached hydrogen (secondary N) is 1. The molecule has 220 valence electrons. The van der Waals surface area contributed by atoms with Gasteiger partial charge in [0.05, 0.1) is 49.3 Å². The fourth-order valence-electron chi connectivity index (χ4n) is 5.03. The quantitative estimate of drug-likeness (QED) is 0.289. The van der Waals surface area contributed by atoms with Gasteiger partial charge in [0.1, 0.15) is 29.7 Å². The summed E-state index contributed by atoms with van der Waals surface area (Å²) >= 11 is 6.39. The summed E-state index contributed by atoms with van der Waals surface area (Å²) in [4.78, 5) is 13.3. The molecule has 4 heterocycles. The molecule has 1 N–H and O–H groups in total. The lowest BCUT2D eigenvalue weighted by molar-refractivity contribution is -0.0660. The molecule has 2 saturated heterocycles. The van der Waals surface area contributed by atoms with Crippen LogP contribution in [0.3, 0.4) is 0 Å². The molecule has 0 radical (unpaired) electrons. The van der Waals surface area contributed by atoms with E-state index in [9.17, 15) is 0 Å². The SMILES string of the molecule is COc1cc(N2CCN(C3COC3)CC2)c(F)cc1Nc1ncc(-c2ccc(Cl)c(O[C@@H](C)Cn3cnnn3)c2)cn1. The van der Waals surface area contributed by atoms with Gasteiger partial charge < -0.3 is 24.4 Å². The number of piperazine rings is 1. The number of methoxy groups -OCH3 is 1. The van der Waals surface area contributed by atoms with Gasteiger partial charge in [0, 0.05) is 56.3 Å². The Balaban J connectivity index is 1.12. The number of tetrazole rings is 1. The van der Waals surface area contributed by atoms with Crippen LogP contribution in [0.25, 0.3) is 11.1 Å². The maximum atomic E-state index is 15.3. The molecule has 0 spiro atoms. The van der Waals surface area contributed by atoms with Gasteiger partial charge in [0.2, 0.25) is 5.95 Å². The molecular formula is C28H31ClFN9O3. The highest BCUT2D eigenvalue weighted by molar-refractivity contribution is 6.32. The van der Waals surface area contributed by atoms with Crippen molar-refractivity contribution in [1.82, 2.24) is 35.1 Å². The molecule has 2 aromatic heterocycles. The summed E-state index contributed by atoms with van der Waals surface area (Å²) in [6.45, 7) is 7.16. The molecule has 2 aromatic carbocycles. The Morgan fingerprint density at radius 3 is 2.52 bits per heavy atom. The highest BCUT2D eigenvalue weighted by Crippen LogP contribution is 2.35. The number of hydrogen-bond acceptors (Lipinski definition) is 11. The zero-order valence-corrected chi connectivity index (χ0v) is 24.0.